The number of ketones is 3. The summed E-state index contributed by atoms with van der Waals surface area (Å²) in [5.41, 5.74) is -2.37. The molecule has 0 saturated heterocycles. The Morgan fingerprint density at radius 2 is 1.75 bits per heavy atom. The zero-order valence-electron chi connectivity index (χ0n) is 23.8. The molecule has 0 aromatic heterocycles. The number of fused-ring (bicyclic) bond motifs is 3. The van der Waals surface area contributed by atoms with Gasteiger partial charge in [0.15, 0.2) is 17.2 Å². The summed E-state index contributed by atoms with van der Waals surface area (Å²) in [5.74, 6) is -5.13. The Kier molecular flexibility index (Phi) is 6.19. The largest absolute Gasteiger partial charge is 0.511 e. The van der Waals surface area contributed by atoms with Crippen molar-refractivity contribution in [2.45, 2.75) is 66.4 Å². The van der Waals surface area contributed by atoms with Crippen LogP contribution in [0.2, 0.25) is 0 Å². The molecule has 7 nitrogen and oxygen atoms in total. The smallest absolute Gasteiger partial charge is 0.209 e. The SMILES string of the molecule is CCc1cccc(-c2ccc(O)c3c2C[C@]2(C)C[C@]4(C)C(C(C)C)C(O)=C(C(C)=O)C(=O)[C@]4(O)C(O)=C2C3=O)c1. The minimum absolute atomic E-state index is 0.0273. The van der Waals surface area contributed by atoms with Gasteiger partial charge < -0.3 is 20.4 Å². The molecule has 7 heteroatoms. The van der Waals surface area contributed by atoms with Crippen molar-refractivity contribution in [1.82, 2.24) is 0 Å². The molecule has 2 aromatic carbocycles. The van der Waals surface area contributed by atoms with Gasteiger partial charge in [-0.3, -0.25) is 14.4 Å². The van der Waals surface area contributed by atoms with Gasteiger partial charge >= 0.3 is 0 Å². The highest BCUT2D eigenvalue weighted by atomic mass is 16.3. The average molecular weight is 545 g/mol. The van der Waals surface area contributed by atoms with E-state index in [2.05, 4.69) is 6.92 Å². The zero-order valence-corrected chi connectivity index (χ0v) is 23.8. The first-order valence-electron chi connectivity index (χ1n) is 13.8. The lowest BCUT2D eigenvalue weighted by atomic mass is 9.44. The van der Waals surface area contributed by atoms with E-state index in [4.69, 9.17) is 0 Å². The number of Topliss-reactive ketones (excluding diaryl/α,β-unsaturated/α-hetero) is 3. The van der Waals surface area contributed by atoms with Crippen LogP contribution in [0.4, 0.5) is 0 Å². The Morgan fingerprint density at radius 3 is 2.35 bits per heavy atom. The van der Waals surface area contributed by atoms with Crippen molar-refractivity contribution in [1.29, 1.82) is 0 Å². The molecule has 3 aliphatic rings. The summed E-state index contributed by atoms with van der Waals surface area (Å²) in [6.45, 7) is 10.3. The molecule has 210 valence electrons. The molecule has 2 aromatic rings. The Labute approximate surface area is 233 Å². The van der Waals surface area contributed by atoms with Crippen LogP contribution in [0.25, 0.3) is 11.1 Å². The standard InChI is InChI=1S/C33H36O7/c1-7-18-9-8-10-19(13-18)20-11-12-22(35)24-21(20)14-31(5)15-32(6)25(16(2)3)27(36)23(17(4)34)29(38)33(32,40)30(39)26(31)28(24)37/h8-13,16,25,35-36,39-40H,7,14-15H2,1-6H3/t25?,31-,32-,33+/m1/s1. The van der Waals surface area contributed by atoms with Crippen molar-refractivity contribution in [3.05, 3.63) is 75.8 Å². The molecule has 40 heavy (non-hydrogen) atoms. The van der Waals surface area contributed by atoms with Gasteiger partial charge in [0, 0.05) is 22.3 Å². The molecule has 1 unspecified atom stereocenters. The third kappa shape index (κ3) is 3.43. The van der Waals surface area contributed by atoms with Crippen LogP contribution in [0.1, 0.15) is 69.4 Å². The van der Waals surface area contributed by atoms with Crippen molar-refractivity contribution in [3.63, 3.8) is 0 Å². The number of rotatable bonds is 4. The summed E-state index contributed by atoms with van der Waals surface area (Å²) in [5, 5.41) is 46.1. The number of hydrogen-bond donors (Lipinski definition) is 4. The Morgan fingerprint density at radius 1 is 1.07 bits per heavy atom. The summed E-state index contributed by atoms with van der Waals surface area (Å²) in [6.07, 6.45) is 1.13. The van der Waals surface area contributed by atoms with Crippen LogP contribution in [0, 0.1) is 22.7 Å². The van der Waals surface area contributed by atoms with E-state index >= 15 is 0 Å². The second-order valence-corrected chi connectivity index (χ2v) is 12.5. The number of allylic oxidation sites excluding steroid dienone is 2. The number of aromatic hydroxyl groups is 1. The molecular formula is C33H36O7. The van der Waals surface area contributed by atoms with E-state index in [0.717, 1.165) is 30.0 Å². The quantitative estimate of drug-likeness (QED) is 0.370. The van der Waals surface area contributed by atoms with Crippen LogP contribution < -0.4 is 0 Å². The molecule has 0 fully saturated rings. The fraction of sp³-hybridized carbons (Fsp3) is 0.424. The number of benzene rings is 2. The number of aliphatic hydroxyl groups is 3. The van der Waals surface area contributed by atoms with E-state index in [1.165, 1.54) is 6.07 Å². The van der Waals surface area contributed by atoms with E-state index in [-0.39, 0.29) is 35.6 Å². The van der Waals surface area contributed by atoms with Crippen molar-refractivity contribution in [3.8, 4) is 16.9 Å². The first kappa shape index (κ1) is 27.8. The monoisotopic (exact) mass is 544 g/mol. The summed E-state index contributed by atoms with van der Waals surface area (Å²) >= 11 is 0. The second-order valence-electron chi connectivity index (χ2n) is 12.5. The third-order valence-electron chi connectivity index (χ3n) is 9.54. The molecule has 0 radical (unpaired) electrons. The molecule has 3 aliphatic carbocycles. The van der Waals surface area contributed by atoms with Crippen molar-refractivity contribution < 1.29 is 34.8 Å². The van der Waals surface area contributed by atoms with Gasteiger partial charge in [0.25, 0.3) is 0 Å². The number of aryl methyl sites for hydroxylation is 1. The van der Waals surface area contributed by atoms with Gasteiger partial charge in [0.1, 0.15) is 22.8 Å². The van der Waals surface area contributed by atoms with E-state index in [1.54, 1.807) is 13.0 Å². The van der Waals surface area contributed by atoms with Crippen molar-refractivity contribution >= 4 is 17.3 Å². The number of carbonyl (C=O) groups is 3. The molecular weight excluding hydrogens is 508 g/mol. The molecule has 0 spiro atoms. The topological polar surface area (TPSA) is 132 Å². The fourth-order valence-corrected chi connectivity index (χ4v) is 7.96. The highest BCUT2D eigenvalue weighted by Gasteiger charge is 2.71. The zero-order chi connectivity index (χ0) is 29.5. The van der Waals surface area contributed by atoms with Gasteiger partial charge in [-0.05, 0) is 60.4 Å². The lowest BCUT2D eigenvalue weighted by Gasteiger charge is -2.59. The van der Waals surface area contributed by atoms with Crippen molar-refractivity contribution in [2.24, 2.45) is 22.7 Å². The van der Waals surface area contributed by atoms with Crippen LogP contribution in [0.5, 0.6) is 5.75 Å². The van der Waals surface area contributed by atoms with Gasteiger partial charge in [0.2, 0.25) is 5.78 Å². The summed E-state index contributed by atoms with van der Waals surface area (Å²) in [7, 11) is 0. The van der Waals surface area contributed by atoms with Gasteiger partial charge in [-0.1, -0.05) is 65.0 Å². The normalized spacial score (nSPS) is 29.9. The summed E-state index contributed by atoms with van der Waals surface area (Å²) in [6, 6.07) is 11.2. The maximum Gasteiger partial charge on any atom is 0.209 e. The molecule has 0 aliphatic heterocycles. The van der Waals surface area contributed by atoms with E-state index in [1.807, 2.05) is 45.0 Å². The second kappa shape index (κ2) is 8.90. The molecule has 0 amide bonds. The Hall–Kier alpha value is -3.71. The minimum atomic E-state index is -2.61. The number of phenolic OH excluding ortho intramolecular Hbond substituents is 1. The molecule has 0 bridgehead atoms. The number of phenols is 1. The maximum absolute atomic E-state index is 14.2. The first-order chi connectivity index (χ1) is 18.6. The molecule has 4 N–H and O–H groups in total. The molecule has 5 rings (SSSR count). The maximum atomic E-state index is 14.2. The van der Waals surface area contributed by atoms with Crippen molar-refractivity contribution in [2.75, 3.05) is 0 Å². The Balaban J connectivity index is 1.81. The molecule has 0 saturated carbocycles. The van der Waals surface area contributed by atoms with E-state index in [9.17, 15) is 34.8 Å². The molecule has 4 atom stereocenters. The summed E-state index contributed by atoms with van der Waals surface area (Å²) < 4.78 is 0. The number of carbonyl (C=O) groups excluding carboxylic acids is 3. The van der Waals surface area contributed by atoms with E-state index < -0.39 is 56.8 Å². The lowest BCUT2D eigenvalue weighted by Crippen LogP contribution is -2.67. The van der Waals surface area contributed by atoms with Crippen LogP contribution >= 0.6 is 0 Å². The fourth-order valence-electron chi connectivity index (χ4n) is 7.96. The first-order valence-corrected chi connectivity index (χ1v) is 13.8. The third-order valence-corrected chi connectivity index (χ3v) is 9.54. The average Bonchev–Trinajstić information content (AvgIpc) is 2.86. The van der Waals surface area contributed by atoms with Gasteiger partial charge in [-0.25, -0.2) is 0 Å². The highest BCUT2D eigenvalue weighted by Crippen LogP contribution is 2.65. The van der Waals surface area contributed by atoms with Crippen LogP contribution in [0.15, 0.2) is 59.1 Å². The highest BCUT2D eigenvalue weighted by molar-refractivity contribution is 6.25. The summed E-state index contributed by atoms with van der Waals surface area (Å²) in [4.78, 5) is 40.5. The number of hydrogen-bond acceptors (Lipinski definition) is 7. The van der Waals surface area contributed by atoms with Crippen LogP contribution in [0.3, 0.4) is 0 Å². The van der Waals surface area contributed by atoms with E-state index in [0.29, 0.717) is 5.56 Å². The van der Waals surface area contributed by atoms with Gasteiger partial charge in [0.05, 0.1) is 5.56 Å². The molecule has 0 heterocycles. The Bertz CT molecular complexity index is 1560. The van der Waals surface area contributed by atoms with Crippen LogP contribution in [-0.4, -0.2) is 43.4 Å². The minimum Gasteiger partial charge on any atom is -0.511 e. The predicted octanol–water partition coefficient (Wildman–Crippen LogP) is 5.58. The van der Waals surface area contributed by atoms with Gasteiger partial charge in [-0.15, -0.1) is 0 Å². The number of aliphatic hydroxyl groups excluding tert-OH is 2. The van der Waals surface area contributed by atoms with Gasteiger partial charge in [-0.2, -0.15) is 0 Å². The lowest BCUT2D eigenvalue weighted by molar-refractivity contribution is -0.171. The predicted molar refractivity (Wildman–Crippen MR) is 150 cm³/mol. The van der Waals surface area contributed by atoms with Crippen LogP contribution in [-0.2, 0) is 22.4 Å².